The van der Waals surface area contributed by atoms with Gasteiger partial charge in [0.15, 0.2) is 0 Å². The van der Waals surface area contributed by atoms with Crippen molar-refractivity contribution in [3.63, 3.8) is 0 Å². The van der Waals surface area contributed by atoms with E-state index in [0.717, 1.165) is 4.88 Å². The quantitative estimate of drug-likeness (QED) is 0.549. The molecule has 0 saturated carbocycles. The summed E-state index contributed by atoms with van der Waals surface area (Å²) in [5, 5.41) is 3.53. The number of carbonyl (C=O) groups is 2. The molecule has 1 atom stereocenters. The molecule has 2 heterocycles. The number of halogens is 2. The summed E-state index contributed by atoms with van der Waals surface area (Å²) >= 11 is 8.61. The Hall–Kier alpha value is -2.29. The van der Waals surface area contributed by atoms with Crippen molar-refractivity contribution in [2.24, 2.45) is 0 Å². The number of benzene rings is 1. The predicted octanol–water partition coefficient (Wildman–Crippen LogP) is 5.01. The fourth-order valence-corrected chi connectivity index (χ4v) is 4.63. The Labute approximate surface area is 174 Å². The minimum absolute atomic E-state index is 0.0703. The zero-order valence-electron chi connectivity index (χ0n) is 15.0. The molecule has 28 heavy (non-hydrogen) atoms. The van der Waals surface area contributed by atoms with Gasteiger partial charge < -0.3 is 10.1 Å². The summed E-state index contributed by atoms with van der Waals surface area (Å²) in [5.41, 5.74) is 1.19. The highest BCUT2D eigenvalue weighted by atomic mass is 35.5. The number of hydrogen-bond donors (Lipinski definition) is 1. The van der Waals surface area contributed by atoms with Crippen LogP contribution in [0.15, 0.2) is 36.4 Å². The molecule has 1 unspecified atom stereocenters. The van der Waals surface area contributed by atoms with Gasteiger partial charge in [0.1, 0.15) is 15.7 Å². The van der Waals surface area contributed by atoms with Crippen LogP contribution in [-0.4, -0.2) is 24.0 Å². The van der Waals surface area contributed by atoms with Gasteiger partial charge in [-0.1, -0.05) is 23.7 Å². The lowest BCUT2D eigenvalue weighted by Crippen LogP contribution is -2.30. The number of methoxy groups -OCH3 is 1. The Bertz CT molecular complexity index is 1000. The summed E-state index contributed by atoms with van der Waals surface area (Å²) in [4.78, 5) is 30.4. The molecule has 0 fully saturated rings. The molecular formula is C19H16ClFN2O3S2. The van der Waals surface area contributed by atoms with Gasteiger partial charge in [-0.05, 0) is 36.8 Å². The number of carbonyl (C=O) groups excluding carboxylic acids is 2. The molecule has 146 valence electrons. The number of esters is 1. The number of rotatable bonds is 6. The largest absolute Gasteiger partial charge is 0.469 e. The third-order valence-corrected chi connectivity index (χ3v) is 6.52. The molecule has 0 aliphatic heterocycles. The van der Waals surface area contributed by atoms with Crippen LogP contribution in [0.2, 0.25) is 4.34 Å². The molecule has 0 radical (unpaired) electrons. The smallest absolute Gasteiger partial charge is 0.307 e. The first-order valence-electron chi connectivity index (χ1n) is 8.23. The first kappa shape index (κ1) is 20.4. The molecular weight excluding hydrogens is 423 g/mol. The van der Waals surface area contributed by atoms with E-state index >= 15 is 0 Å². The van der Waals surface area contributed by atoms with Crippen LogP contribution < -0.4 is 5.32 Å². The van der Waals surface area contributed by atoms with Crippen LogP contribution in [0, 0.1) is 12.7 Å². The van der Waals surface area contributed by atoms with Crippen LogP contribution in [0.4, 0.5) is 4.39 Å². The number of nitrogens with zero attached hydrogens (tertiary/aromatic N) is 1. The zero-order chi connectivity index (χ0) is 20.3. The topological polar surface area (TPSA) is 68.3 Å². The Morgan fingerprint density at radius 1 is 1.21 bits per heavy atom. The van der Waals surface area contributed by atoms with E-state index < -0.39 is 17.8 Å². The number of ether oxygens (including phenoxy) is 1. The van der Waals surface area contributed by atoms with E-state index in [2.05, 4.69) is 10.3 Å². The van der Waals surface area contributed by atoms with Crippen LogP contribution in [0.1, 0.15) is 33.4 Å². The molecule has 1 amide bonds. The van der Waals surface area contributed by atoms with E-state index in [-0.39, 0.29) is 12.3 Å². The van der Waals surface area contributed by atoms with Crippen LogP contribution >= 0.6 is 34.3 Å². The second-order valence-electron chi connectivity index (χ2n) is 5.90. The average Bonchev–Trinajstić information content (AvgIpc) is 3.27. The Balaban J connectivity index is 1.84. The molecule has 0 aliphatic carbocycles. The normalized spacial score (nSPS) is 11.9. The summed E-state index contributed by atoms with van der Waals surface area (Å²) in [6.07, 6.45) is -0.0703. The molecule has 0 spiro atoms. The number of nitrogens with one attached hydrogen (secondary N) is 1. The van der Waals surface area contributed by atoms with Crippen molar-refractivity contribution < 1.29 is 18.7 Å². The minimum atomic E-state index is -0.651. The third-order valence-electron chi connectivity index (χ3n) is 3.96. The van der Waals surface area contributed by atoms with Crippen molar-refractivity contribution >= 4 is 46.2 Å². The van der Waals surface area contributed by atoms with Gasteiger partial charge in [-0.15, -0.1) is 22.7 Å². The molecule has 0 aliphatic rings. The monoisotopic (exact) mass is 438 g/mol. The lowest BCUT2D eigenvalue weighted by molar-refractivity contribution is -0.141. The summed E-state index contributed by atoms with van der Waals surface area (Å²) in [5.74, 6) is -1.24. The van der Waals surface area contributed by atoms with Crippen LogP contribution in [0.3, 0.4) is 0 Å². The standard InChI is InChI=1S/C19H16ClFN2O3S2/c1-10-17(28-19(22-10)14-7-8-15(20)27-14)18(25)23-13(9-16(24)26-2)11-3-5-12(21)6-4-11/h3-8,13H,9H2,1-2H3,(H,23,25). The van der Waals surface area contributed by atoms with Crippen molar-refractivity contribution in [1.82, 2.24) is 10.3 Å². The van der Waals surface area contributed by atoms with Crippen LogP contribution in [-0.2, 0) is 9.53 Å². The number of thiophene rings is 1. The summed E-state index contributed by atoms with van der Waals surface area (Å²) in [6, 6.07) is 8.60. The first-order valence-corrected chi connectivity index (χ1v) is 10.2. The second kappa shape index (κ2) is 8.81. The number of amides is 1. The zero-order valence-corrected chi connectivity index (χ0v) is 17.4. The summed E-state index contributed by atoms with van der Waals surface area (Å²) in [7, 11) is 1.28. The van der Waals surface area contributed by atoms with Gasteiger partial charge in [0.2, 0.25) is 0 Å². The molecule has 3 aromatic rings. The van der Waals surface area contributed by atoms with Gasteiger partial charge in [0, 0.05) is 0 Å². The van der Waals surface area contributed by atoms with Crippen molar-refractivity contribution in [1.29, 1.82) is 0 Å². The fraction of sp³-hybridized carbons (Fsp3) is 0.211. The van der Waals surface area contributed by atoms with Crippen molar-refractivity contribution in [2.45, 2.75) is 19.4 Å². The van der Waals surface area contributed by atoms with Gasteiger partial charge in [0.05, 0.1) is 34.5 Å². The molecule has 9 heteroatoms. The number of aromatic nitrogens is 1. The van der Waals surface area contributed by atoms with E-state index in [1.807, 2.05) is 6.07 Å². The highest BCUT2D eigenvalue weighted by Gasteiger charge is 2.23. The molecule has 0 bridgehead atoms. The Kier molecular flexibility index (Phi) is 6.43. The van der Waals surface area contributed by atoms with Crippen molar-refractivity contribution in [2.75, 3.05) is 7.11 Å². The van der Waals surface area contributed by atoms with Gasteiger partial charge in [0.25, 0.3) is 5.91 Å². The maximum absolute atomic E-state index is 13.2. The van der Waals surface area contributed by atoms with Crippen molar-refractivity contribution in [3.05, 3.63) is 62.7 Å². The fourth-order valence-electron chi connectivity index (χ4n) is 2.56. The molecule has 5 nitrogen and oxygen atoms in total. The van der Waals surface area contributed by atoms with Gasteiger partial charge >= 0.3 is 5.97 Å². The Morgan fingerprint density at radius 2 is 1.93 bits per heavy atom. The number of aryl methyl sites for hydroxylation is 1. The van der Waals surface area contributed by atoms with Crippen LogP contribution in [0.5, 0.6) is 0 Å². The lowest BCUT2D eigenvalue weighted by atomic mass is 10.0. The van der Waals surface area contributed by atoms with E-state index in [1.165, 1.54) is 54.0 Å². The number of thiazole rings is 1. The maximum atomic E-state index is 13.2. The summed E-state index contributed by atoms with van der Waals surface area (Å²) in [6.45, 7) is 1.75. The minimum Gasteiger partial charge on any atom is -0.469 e. The van der Waals surface area contributed by atoms with Crippen molar-refractivity contribution in [3.8, 4) is 9.88 Å². The molecule has 1 N–H and O–H groups in total. The lowest BCUT2D eigenvalue weighted by Gasteiger charge is -2.18. The van der Waals surface area contributed by atoms with E-state index in [1.54, 1.807) is 13.0 Å². The van der Waals surface area contributed by atoms with Gasteiger partial charge in [-0.2, -0.15) is 0 Å². The SMILES string of the molecule is COC(=O)CC(NC(=O)c1sc(-c2ccc(Cl)s2)nc1C)c1ccc(F)cc1. The molecule has 3 rings (SSSR count). The number of hydrogen-bond acceptors (Lipinski definition) is 6. The van der Waals surface area contributed by atoms with Crippen LogP contribution in [0.25, 0.3) is 9.88 Å². The first-order chi connectivity index (χ1) is 13.4. The van der Waals surface area contributed by atoms with E-state index in [4.69, 9.17) is 16.3 Å². The van der Waals surface area contributed by atoms with Gasteiger partial charge in [-0.3, -0.25) is 9.59 Å². The van der Waals surface area contributed by atoms with E-state index in [0.29, 0.717) is 25.5 Å². The second-order valence-corrected chi connectivity index (χ2v) is 8.61. The molecule has 0 saturated heterocycles. The van der Waals surface area contributed by atoms with E-state index in [9.17, 15) is 14.0 Å². The highest BCUT2D eigenvalue weighted by molar-refractivity contribution is 7.24. The molecule has 1 aromatic carbocycles. The molecule has 2 aromatic heterocycles. The maximum Gasteiger partial charge on any atom is 0.307 e. The third kappa shape index (κ3) is 4.76. The highest BCUT2D eigenvalue weighted by Crippen LogP contribution is 2.35. The average molecular weight is 439 g/mol. The summed E-state index contributed by atoms with van der Waals surface area (Å²) < 4.78 is 18.6. The Morgan fingerprint density at radius 3 is 2.54 bits per heavy atom. The van der Waals surface area contributed by atoms with Gasteiger partial charge in [-0.25, -0.2) is 9.37 Å². The predicted molar refractivity (Wildman–Crippen MR) is 108 cm³/mol.